The maximum Gasteiger partial charge on any atom is 0.302 e. The number of nitrogens with zero attached hydrogens (tertiary/aromatic N) is 1. The van der Waals surface area contributed by atoms with Crippen molar-refractivity contribution >= 4 is 33.3 Å². The van der Waals surface area contributed by atoms with Gasteiger partial charge in [-0.05, 0) is 18.6 Å². The Morgan fingerprint density at radius 1 is 1.09 bits per heavy atom. The Labute approximate surface area is 135 Å². The molecule has 1 atom stereocenters. The second-order valence-corrected chi connectivity index (χ2v) is 7.71. The quantitative estimate of drug-likeness (QED) is 0.818. The van der Waals surface area contributed by atoms with Gasteiger partial charge in [0.15, 0.2) is 5.69 Å². The molecular formula is C18H17N2O2S+. The van der Waals surface area contributed by atoms with E-state index in [0.29, 0.717) is 11.5 Å². The number of benzene rings is 2. The van der Waals surface area contributed by atoms with Gasteiger partial charge in [0.25, 0.3) is 5.84 Å². The van der Waals surface area contributed by atoms with Gasteiger partial charge < -0.3 is 0 Å². The normalized spacial score (nSPS) is 23.8. The number of allylic oxidation sites excluding steroid dienone is 1. The second-order valence-electron chi connectivity index (χ2n) is 5.87. The Bertz CT molecular complexity index is 958. The molecule has 2 aromatic carbocycles. The number of rotatable bonds is 1. The minimum absolute atomic E-state index is 0.0190. The van der Waals surface area contributed by atoms with Crippen LogP contribution in [-0.4, -0.2) is 24.5 Å². The molecule has 0 saturated carbocycles. The number of fused-ring (bicyclic) bond motifs is 4. The van der Waals surface area contributed by atoms with Gasteiger partial charge in [0, 0.05) is 11.1 Å². The lowest BCUT2D eigenvalue weighted by Crippen LogP contribution is -2.30. The fraction of sp³-hybridized carbons (Fsp3) is 0.167. The molecule has 0 fully saturated rings. The summed E-state index contributed by atoms with van der Waals surface area (Å²) in [5.74, 6) is 0.732. The lowest BCUT2D eigenvalue weighted by atomic mass is 9.95. The van der Waals surface area contributed by atoms with E-state index in [1.165, 1.54) is 10.2 Å². The average Bonchev–Trinajstić information content (AvgIpc) is 2.83. The maximum absolute atomic E-state index is 12.5. The molecule has 5 heteroatoms. The molecule has 0 aliphatic carbocycles. The molecule has 0 amide bonds. The van der Waals surface area contributed by atoms with Crippen molar-refractivity contribution in [1.82, 2.24) is 0 Å². The van der Waals surface area contributed by atoms with Gasteiger partial charge >= 0.3 is 10.0 Å². The fourth-order valence-corrected chi connectivity index (χ4v) is 4.40. The highest BCUT2D eigenvalue weighted by molar-refractivity contribution is 7.84. The van der Waals surface area contributed by atoms with Gasteiger partial charge in [0.2, 0.25) is 0 Å². The summed E-state index contributed by atoms with van der Waals surface area (Å²) in [4.78, 5) is 0. The van der Waals surface area contributed by atoms with Gasteiger partial charge in [0.1, 0.15) is 5.69 Å². The lowest BCUT2D eigenvalue weighted by molar-refractivity contribution is -0.262. The summed E-state index contributed by atoms with van der Waals surface area (Å²) in [7, 11) is -3.45. The topological polar surface area (TPSA) is 49.2 Å². The zero-order chi connectivity index (χ0) is 16.0. The third-order valence-electron chi connectivity index (χ3n) is 4.30. The van der Waals surface area contributed by atoms with Gasteiger partial charge in [-0.25, -0.2) is 5.32 Å². The third kappa shape index (κ3) is 2.28. The number of hydrogen-bond acceptors (Lipinski definition) is 3. The van der Waals surface area contributed by atoms with Crippen LogP contribution in [0.3, 0.4) is 0 Å². The average molecular weight is 325 g/mol. The summed E-state index contributed by atoms with van der Waals surface area (Å²) in [6, 6.07) is 15.6. The first-order valence-corrected chi connectivity index (χ1v) is 9.39. The molecule has 1 unspecified atom stereocenters. The van der Waals surface area contributed by atoms with Crippen LogP contribution >= 0.6 is 0 Å². The van der Waals surface area contributed by atoms with Crippen LogP contribution in [0, 0.1) is 0 Å². The molecule has 2 aliphatic heterocycles. The first kappa shape index (κ1) is 14.2. The lowest BCUT2D eigenvalue weighted by Gasteiger charge is -2.15. The van der Waals surface area contributed by atoms with E-state index in [-0.39, 0.29) is 5.92 Å². The van der Waals surface area contributed by atoms with Crippen LogP contribution in [0.15, 0.2) is 54.6 Å². The smallest absolute Gasteiger partial charge is 0.243 e. The standard InChI is InChI=1S/C18H16N2O2S/c1-23(21,22)20-17-12-5-2-7-13(17)8-6-10-15-14-9-3-4-11-16(14)19-18(15)20/h2-9,11-12,15H,10H2,1H3/p+1/b8-6-. The summed E-state index contributed by atoms with van der Waals surface area (Å²) in [6.45, 7) is 0. The Morgan fingerprint density at radius 2 is 1.83 bits per heavy atom. The molecule has 0 spiro atoms. The van der Waals surface area contributed by atoms with Gasteiger partial charge in [-0.1, -0.05) is 48.6 Å². The molecule has 0 radical (unpaired) electrons. The molecule has 0 aromatic heterocycles. The van der Waals surface area contributed by atoms with Gasteiger partial charge in [-0.15, -0.1) is 3.98 Å². The van der Waals surface area contributed by atoms with Crippen LogP contribution in [0.25, 0.3) is 6.08 Å². The van der Waals surface area contributed by atoms with Crippen molar-refractivity contribution in [2.24, 2.45) is 0 Å². The first-order valence-electron chi connectivity index (χ1n) is 7.54. The molecule has 2 aromatic rings. The van der Waals surface area contributed by atoms with Crippen LogP contribution in [0.1, 0.15) is 23.5 Å². The number of nitrogens with one attached hydrogen (secondary N) is 1. The maximum atomic E-state index is 12.5. The highest BCUT2D eigenvalue weighted by Crippen LogP contribution is 2.38. The predicted octanol–water partition coefficient (Wildman–Crippen LogP) is 3.31. The third-order valence-corrected chi connectivity index (χ3v) is 5.36. The molecule has 4 nitrogen and oxygen atoms in total. The summed E-state index contributed by atoms with van der Waals surface area (Å²) >= 11 is 0. The summed E-state index contributed by atoms with van der Waals surface area (Å²) in [5, 5.41) is 3.33. The molecule has 0 bridgehead atoms. The summed E-state index contributed by atoms with van der Waals surface area (Å²) < 4.78 is 26.6. The SMILES string of the molecule is CS(=O)(=O)/[N+]1=C2\Nc3ccccc3C2C/C=C\c2ccccc21. The number of hydrogen-bond donors (Lipinski definition) is 1. The van der Waals surface area contributed by atoms with Crippen LogP contribution in [0.4, 0.5) is 11.4 Å². The van der Waals surface area contributed by atoms with Crippen LogP contribution in [0.2, 0.25) is 0 Å². The fourth-order valence-electron chi connectivity index (χ4n) is 3.35. The van der Waals surface area contributed by atoms with Gasteiger partial charge in [-0.3, -0.25) is 0 Å². The van der Waals surface area contributed by atoms with Crippen molar-refractivity contribution in [1.29, 1.82) is 0 Å². The first-order chi connectivity index (χ1) is 11.1. The number of para-hydroxylation sites is 2. The molecule has 116 valence electrons. The van der Waals surface area contributed by atoms with Crippen LogP contribution in [-0.2, 0) is 10.0 Å². The summed E-state index contributed by atoms with van der Waals surface area (Å²) in [6.07, 6.45) is 6.14. The Morgan fingerprint density at radius 3 is 2.65 bits per heavy atom. The molecule has 23 heavy (non-hydrogen) atoms. The molecule has 0 saturated heterocycles. The zero-order valence-electron chi connectivity index (χ0n) is 12.7. The Balaban J connectivity index is 2.06. The Kier molecular flexibility index (Phi) is 3.13. The van der Waals surface area contributed by atoms with Crippen molar-refractivity contribution in [2.75, 3.05) is 11.6 Å². The van der Waals surface area contributed by atoms with E-state index in [9.17, 15) is 8.42 Å². The highest BCUT2D eigenvalue weighted by atomic mass is 32.2. The van der Waals surface area contributed by atoms with E-state index in [1.54, 1.807) is 0 Å². The molecule has 1 N–H and O–H groups in total. The minimum atomic E-state index is -3.45. The van der Waals surface area contributed by atoms with E-state index >= 15 is 0 Å². The molecule has 2 heterocycles. The van der Waals surface area contributed by atoms with Crippen molar-refractivity contribution in [3.63, 3.8) is 0 Å². The van der Waals surface area contributed by atoms with Gasteiger partial charge in [-0.2, -0.15) is 8.42 Å². The van der Waals surface area contributed by atoms with E-state index in [1.807, 2.05) is 48.5 Å². The number of sulfonamides is 1. The second kappa shape index (κ2) is 5.06. The number of anilines is 1. The monoisotopic (exact) mass is 325 g/mol. The van der Waals surface area contributed by atoms with Crippen LogP contribution in [0.5, 0.6) is 0 Å². The molecule has 2 aliphatic rings. The highest BCUT2D eigenvalue weighted by Gasteiger charge is 2.40. The van der Waals surface area contributed by atoms with Gasteiger partial charge in [0.05, 0.1) is 12.2 Å². The van der Waals surface area contributed by atoms with E-state index in [0.717, 1.165) is 23.2 Å². The predicted molar refractivity (Wildman–Crippen MR) is 92.7 cm³/mol. The van der Waals surface area contributed by atoms with Crippen molar-refractivity contribution in [2.45, 2.75) is 12.3 Å². The van der Waals surface area contributed by atoms with Crippen molar-refractivity contribution in [3.8, 4) is 0 Å². The van der Waals surface area contributed by atoms with E-state index < -0.39 is 10.0 Å². The van der Waals surface area contributed by atoms with E-state index in [4.69, 9.17) is 0 Å². The van der Waals surface area contributed by atoms with Crippen molar-refractivity contribution < 1.29 is 12.4 Å². The number of amidine groups is 1. The Hall–Kier alpha value is -2.40. The molecular weight excluding hydrogens is 308 g/mol. The largest absolute Gasteiger partial charge is 0.302 e. The molecule has 4 rings (SSSR count). The van der Waals surface area contributed by atoms with E-state index in [2.05, 4.69) is 17.5 Å². The zero-order valence-corrected chi connectivity index (χ0v) is 13.5. The minimum Gasteiger partial charge on any atom is -0.243 e. The summed E-state index contributed by atoms with van der Waals surface area (Å²) in [5.41, 5.74) is 3.71. The van der Waals surface area contributed by atoms with Crippen molar-refractivity contribution in [3.05, 3.63) is 65.7 Å². The van der Waals surface area contributed by atoms with Crippen LogP contribution < -0.4 is 5.32 Å².